The summed E-state index contributed by atoms with van der Waals surface area (Å²) in [5.74, 6) is -1.10. The van der Waals surface area contributed by atoms with Crippen LogP contribution in [0.25, 0.3) is 0 Å². The predicted octanol–water partition coefficient (Wildman–Crippen LogP) is 1.11. The third kappa shape index (κ3) is 2.89. The highest BCUT2D eigenvalue weighted by atomic mass is 32.2. The Morgan fingerprint density at radius 2 is 2.24 bits per heavy atom. The molecule has 7 nitrogen and oxygen atoms in total. The molecule has 2 rings (SSSR count). The Kier molecular flexibility index (Phi) is 4.55. The van der Waals surface area contributed by atoms with Gasteiger partial charge in [-0.1, -0.05) is 6.07 Å². The molecule has 1 fully saturated rings. The van der Waals surface area contributed by atoms with Gasteiger partial charge in [0.25, 0.3) is 15.7 Å². The van der Waals surface area contributed by atoms with Gasteiger partial charge >= 0.3 is 0 Å². The normalized spacial score (nSPS) is 19.8. The van der Waals surface area contributed by atoms with Gasteiger partial charge in [0.15, 0.2) is 4.90 Å². The van der Waals surface area contributed by atoms with Crippen LogP contribution in [0, 0.1) is 15.9 Å². The second kappa shape index (κ2) is 6.04. The standard InChI is InChI=1S/C12H16FN3O4S/c1-14-8-9-4-3-7-15(9)21(19,20)12-10(13)5-2-6-11(12)16(17)18/h2,5-6,9,14H,3-4,7-8H2,1H3. The number of likely N-dealkylation sites (N-methyl/N-ethyl adjacent to an activating group) is 1. The van der Waals surface area contributed by atoms with Crippen LogP contribution in [0.3, 0.4) is 0 Å². The third-order valence-corrected chi connectivity index (χ3v) is 5.49. The van der Waals surface area contributed by atoms with Crippen molar-refractivity contribution in [3.8, 4) is 0 Å². The van der Waals surface area contributed by atoms with Gasteiger partial charge in [0.2, 0.25) is 0 Å². The molecule has 1 unspecified atom stereocenters. The molecule has 0 aromatic heterocycles. The van der Waals surface area contributed by atoms with Gasteiger partial charge < -0.3 is 5.32 Å². The van der Waals surface area contributed by atoms with E-state index >= 15 is 0 Å². The third-order valence-electron chi connectivity index (χ3n) is 3.47. The largest absolute Gasteiger partial charge is 0.318 e. The summed E-state index contributed by atoms with van der Waals surface area (Å²) < 4.78 is 40.3. The van der Waals surface area contributed by atoms with Gasteiger partial charge in [0.1, 0.15) is 5.82 Å². The molecule has 0 radical (unpaired) electrons. The van der Waals surface area contributed by atoms with Crippen LogP contribution in [0.5, 0.6) is 0 Å². The van der Waals surface area contributed by atoms with Gasteiger partial charge in [0, 0.05) is 25.2 Å². The van der Waals surface area contributed by atoms with E-state index in [1.165, 1.54) is 0 Å². The Morgan fingerprint density at radius 3 is 2.86 bits per heavy atom. The lowest BCUT2D eigenvalue weighted by atomic mass is 10.2. The second-order valence-electron chi connectivity index (χ2n) is 4.81. The topological polar surface area (TPSA) is 92.6 Å². The van der Waals surface area contributed by atoms with Gasteiger partial charge in [-0.3, -0.25) is 10.1 Å². The molecule has 9 heteroatoms. The molecule has 0 bridgehead atoms. The van der Waals surface area contributed by atoms with E-state index in [-0.39, 0.29) is 12.6 Å². The van der Waals surface area contributed by atoms with Crippen LogP contribution >= 0.6 is 0 Å². The van der Waals surface area contributed by atoms with Gasteiger partial charge in [0.05, 0.1) is 4.92 Å². The molecular weight excluding hydrogens is 301 g/mol. The van der Waals surface area contributed by atoms with Crippen molar-refractivity contribution in [2.24, 2.45) is 0 Å². The van der Waals surface area contributed by atoms with E-state index in [4.69, 9.17) is 0 Å². The molecule has 21 heavy (non-hydrogen) atoms. The lowest BCUT2D eigenvalue weighted by Gasteiger charge is -2.23. The first-order chi connectivity index (χ1) is 9.89. The lowest BCUT2D eigenvalue weighted by Crippen LogP contribution is -2.41. The lowest BCUT2D eigenvalue weighted by molar-refractivity contribution is -0.388. The highest BCUT2D eigenvalue weighted by molar-refractivity contribution is 7.89. The number of hydrogen-bond donors (Lipinski definition) is 1. The molecule has 1 aliphatic rings. The SMILES string of the molecule is CNCC1CCCN1S(=O)(=O)c1c(F)cccc1[N+](=O)[O-]. The summed E-state index contributed by atoms with van der Waals surface area (Å²) in [4.78, 5) is 9.26. The van der Waals surface area contributed by atoms with Crippen molar-refractivity contribution in [1.29, 1.82) is 0 Å². The fraction of sp³-hybridized carbons (Fsp3) is 0.500. The van der Waals surface area contributed by atoms with Crippen LogP contribution in [0.2, 0.25) is 0 Å². The highest BCUT2D eigenvalue weighted by Gasteiger charge is 2.40. The average molecular weight is 317 g/mol. The number of hydrogen-bond acceptors (Lipinski definition) is 5. The average Bonchev–Trinajstić information content (AvgIpc) is 2.87. The number of nitrogens with zero attached hydrogens (tertiary/aromatic N) is 2. The van der Waals surface area contributed by atoms with Gasteiger partial charge in [-0.15, -0.1) is 0 Å². The number of nitro groups is 1. The van der Waals surface area contributed by atoms with E-state index in [2.05, 4.69) is 5.32 Å². The summed E-state index contributed by atoms with van der Waals surface area (Å²) in [5, 5.41) is 13.9. The first-order valence-electron chi connectivity index (χ1n) is 6.49. The maximum Gasteiger partial charge on any atom is 0.292 e. The minimum absolute atomic E-state index is 0.236. The Balaban J connectivity index is 2.52. The first kappa shape index (κ1) is 15.8. The molecule has 1 aliphatic heterocycles. The van der Waals surface area contributed by atoms with Crippen LogP contribution < -0.4 is 5.32 Å². The van der Waals surface area contributed by atoms with Crippen molar-refractivity contribution in [2.45, 2.75) is 23.8 Å². The number of rotatable bonds is 5. The number of benzene rings is 1. The zero-order valence-electron chi connectivity index (χ0n) is 11.5. The molecule has 1 atom stereocenters. The Hall–Kier alpha value is -1.58. The van der Waals surface area contributed by atoms with E-state index in [1.807, 2.05) is 0 Å². The molecule has 0 saturated carbocycles. The molecule has 1 aromatic rings. The second-order valence-corrected chi connectivity index (χ2v) is 6.64. The molecular formula is C12H16FN3O4S. The molecule has 1 aromatic carbocycles. The fourth-order valence-electron chi connectivity index (χ4n) is 2.58. The first-order valence-corrected chi connectivity index (χ1v) is 7.93. The summed E-state index contributed by atoms with van der Waals surface area (Å²) in [7, 11) is -2.55. The van der Waals surface area contributed by atoms with Crippen molar-refractivity contribution in [3.05, 3.63) is 34.1 Å². The van der Waals surface area contributed by atoms with Crippen LogP contribution in [0.4, 0.5) is 10.1 Å². The minimum atomic E-state index is -4.24. The van der Waals surface area contributed by atoms with Gasteiger partial charge in [-0.2, -0.15) is 4.31 Å². The monoisotopic (exact) mass is 317 g/mol. The quantitative estimate of drug-likeness (QED) is 0.648. The van der Waals surface area contributed by atoms with Crippen molar-refractivity contribution in [1.82, 2.24) is 9.62 Å². The molecule has 116 valence electrons. The summed E-state index contributed by atoms with van der Waals surface area (Å²) in [5.41, 5.74) is -0.731. The number of nitro benzene ring substituents is 1. The van der Waals surface area contributed by atoms with Crippen LogP contribution in [0.1, 0.15) is 12.8 Å². The smallest absolute Gasteiger partial charge is 0.292 e. The minimum Gasteiger partial charge on any atom is -0.318 e. The van der Waals surface area contributed by atoms with Crippen molar-refractivity contribution >= 4 is 15.7 Å². The summed E-state index contributed by atoms with van der Waals surface area (Å²) in [6.07, 6.45) is 1.29. The molecule has 1 heterocycles. The number of halogens is 1. The maximum atomic E-state index is 13.9. The van der Waals surface area contributed by atoms with E-state index < -0.39 is 31.3 Å². The Labute approximate surface area is 122 Å². The van der Waals surface area contributed by atoms with Crippen molar-refractivity contribution < 1.29 is 17.7 Å². The molecule has 0 spiro atoms. The van der Waals surface area contributed by atoms with Crippen LogP contribution in [0.15, 0.2) is 23.1 Å². The molecule has 1 saturated heterocycles. The van der Waals surface area contributed by atoms with Crippen molar-refractivity contribution in [2.75, 3.05) is 20.1 Å². The summed E-state index contributed by atoms with van der Waals surface area (Å²) in [6, 6.07) is 2.73. The molecule has 0 amide bonds. The summed E-state index contributed by atoms with van der Waals surface area (Å²) in [6.45, 7) is 0.654. The zero-order valence-corrected chi connectivity index (χ0v) is 12.3. The highest BCUT2D eigenvalue weighted by Crippen LogP contribution is 2.32. The van der Waals surface area contributed by atoms with Crippen molar-refractivity contribution in [3.63, 3.8) is 0 Å². The maximum absolute atomic E-state index is 13.9. The van der Waals surface area contributed by atoms with E-state index in [9.17, 15) is 22.9 Å². The number of sulfonamides is 1. The number of nitrogens with one attached hydrogen (secondary N) is 1. The van der Waals surface area contributed by atoms with E-state index in [0.717, 1.165) is 22.5 Å². The van der Waals surface area contributed by atoms with Gasteiger partial charge in [-0.25, -0.2) is 12.8 Å². The molecule has 0 aliphatic carbocycles. The fourth-order valence-corrected chi connectivity index (χ4v) is 4.48. The Morgan fingerprint density at radius 1 is 1.52 bits per heavy atom. The predicted molar refractivity (Wildman–Crippen MR) is 73.9 cm³/mol. The van der Waals surface area contributed by atoms with Gasteiger partial charge in [-0.05, 0) is 26.0 Å². The molecule has 1 N–H and O–H groups in total. The Bertz CT molecular complexity index is 650. The van der Waals surface area contributed by atoms with E-state index in [0.29, 0.717) is 19.4 Å². The summed E-state index contributed by atoms with van der Waals surface area (Å²) >= 11 is 0. The van der Waals surface area contributed by atoms with E-state index in [1.54, 1.807) is 7.05 Å². The zero-order chi connectivity index (χ0) is 15.6. The van der Waals surface area contributed by atoms with Crippen LogP contribution in [-0.4, -0.2) is 43.8 Å². The van der Waals surface area contributed by atoms with Crippen LogP contribution in [-0.2, 0) is 10.0 Å².